The van der Waals surface area contributed by atoms with Crippen molar-refractivity contribution in [2.45, 2.75) is 19.0 Å². The van der Waals surface area contributed by atoms with E-state index in [-0.39, 0.29) is 12.5 Å². The molecular weight excluding hydrogens is 382 g/mol. The number of ether oxygens (including phenoxy) is 2. The number of primary amides is 1. The number of nitrogens with two attached hydrogens (primary N) is 1. The number of carbonyl (C=O) groups is 2. The van der Waals surface area contributed by atoms with Crippen LogP contribution in [0.2, 0.25) is 5.02 Å². The molecule has 0 saturated heterocycles. The minimum absolute atomic E-state index is 0.0205. The number of halogens is 1. The van der Waals surface area contributed by atoms with Crippen molar-refractivity contribution in [3.8, 4) is 11.5 Å². The molecule has 0 radical (unpaired) electrons. The van der Waals surface area contributed by atoms with Crippen LogP contribution in [0.4, 0.5) is 5.69 Å². The molecule has 2 aromatic rings. The van der Waals surface area contributed by atoms with Gasteiger partial charge in [-0.3, -0.25) is 14.5 Å². The average Bonchev–Trinajstić information content (AvgIpc) is 2.68. The van der Waals surface area contributed by atoms with Crippen molar-refractivity contribution < 1.29 is 19.1 Å². The van der Waals surface area contributed by atoms with Crippen LogP contribution in [-0.4, -0.2) is 42.5 Å². The molecule has 3 N–H and O–H groups in total. The van der Waals surface area contributed by atoms with Gasteiger partial charge in [-0.1, -0.05) is 35.9 Å². The Kier molecular flexibility index (Phi) is 5.11. The SMILES string of the molecule is NC(=O)[C@H]1Cc2ccccc2CN1CC(=O)Nc1cc2c(cc1Cl)OCCO2. The molecule has 28 heavy (non-hydrogen) atoms. The first-order chi connectivity index (χ1) is 13.5. The van der Waals surface area contributed by atoms with Crippen LogP contribution < -0.4 is 20.5 Å². The minimum atomic E-state index is -0.531. The van der Waals surface area contributed by atoms with E-state index in [1.807, 2.05) is 24.3 Å². The second-order valence-electron chi connectivity index (χ2n) is 6.82. The van der Waals surface area contributed by atoms with E-state index >= 15 is 0 Å². The van der Waals surface area contributed by atoms with Gasteiger partial charge in [-0.05, 0) is 17.5 Å². The van der Waals surface area contributed by atoms with E-state index in [1.165, 1.54) is 0 Å². The number of rotatable bonds is 4. The van der Waals surface area contributed by atoms with Crippen LogP contribution in [0, 0.1) is 0 Å². The van der Waals surface area contributed by atoms with E-state index in [0.717, 1.165) is 11.1 Å². The van der Waals surface area contributed by atoms with Gasteiger partial charge < -0.3 is 20.5 Å². The molecule has 7 nitrogen and oxygen atoms in total. The predicted octanol–water partition coefficient (Wildman–Crippen LogP) is 1.96. The van der Waals surface area contributed by atoms with Crippen molar-refractivity contribution in [3.63, 3.8) is 0 Å². The van der Waals surface area contributed by atoms with E-state index < -0.39 is 11.9 Å². The molecule has 4 rings (SSSR count). The molecule has 2 amide bonds. The van der Waals surface area contributed by atoms with Gasteiger partial charge in [-0.15, -0.1) is 0 Å². The molecule has 2 aliphatic rings. The summed E-state index contributed by atoms with van der Waals surface area (Å²) >= 11 is 6.26. The zero-order chi connectivity index (χ0) is 19.7. The summed E-state index contributed by atoms with van der Waals surface area (Å²) in [6.45, 7) is 1.40. The highest BCUT2D eigenvalue weighted by atomic mass is 35.5. The molecule has 0 aromatic heterocycles. The summed E-state index contributed by atoms with van der Waals surface area (Å²) in [6.07, 6.45) is 0.490. The number of benzene rings is 2. The fraction of sp³-hybridized carbons (Fsp3) is 0.300. The predicted molar refractivity (Wildman–Crippen MR) is 105 cm³/mol. The van der Waals surface area contributed by atoms with Gasteiger partial charge in [0, 0.05) is 18.7 Å². The molecular formula is C20H20ClN3O4. The Hall–Kier alpha value is -2.77. The van der Waals surface area contributed by atoms with Gasteiger partial charge >= 0.3 is 0 Å². The third-order valence-corrected chi connectivity index (χ3v) is 5.24. The molecule has 2 heterocycles. The van der Waals surface area contributed by atoms with Crippen LogP contribution in [0.15, 0.2) is 36.4 Å². The molecule has 0 fully saturated rings. The van der Waals surface area contributed by atoms with Crippen molar-refractivity contribution >= 4 is 29.1 Å². The number of fused-ring (bicyclic) bond motifs is 2. The number of nitrogens with zero attached hydrogens (tertiary/aromatic N) is 1. The lowest BCUT2D eigenvalue weighted by Crippen LogP contribution is -2.50. The Labute approximate surface area is 167 Å². The number of amides is 2. The van der Waals surface area contributed by atoms with Crippen LogP contribution in [-0.2, 0) is 22.6 Å². The quantitative estimate of drug-likeness (QED) is 0.816. The maximum Gasteiger partial charge on any atom is 0.238 e. The maximum atomic E-state index is 12.6. The average molecular weight is 402 g/mol. The third kappa shape index (κ3) is 3.76. The van der Waals surface area contributed by atoms with Gasteiger partial charge in [0.2, 0.25) is 11.8 Å². The normalized spacial score (nSPS) is 18.2. The number of carbonyl (C=O) groups excluding carboxylic acids is 2. The van der Waals surface area contributed by atoms with Crippen LogP contribution in [0.1, 0.15) is 11.1 Å². The second kappa shape index (κ2) is 7.69. The van der Waals surface area contributed by atoms with Gasteiger partial charge in [0.15, 0.2) is 11.5 Å². The monoisotopic (exact) mass is 401 g/mol. The number of hydrogen-bond donors (Lipinski definition) is 2. The van der Waals surface area contributed by atoms with Crippen LogP contribution in [0.25, 0.3) is 0 Å². The Balaban J connectivity index is 1.49. The second-order valence-corrected chi connectivity index (χ2v) is 7.23. The fourth-order valence-electron chi connectivity index (χ4n) is 3.56. The van der Waals surface area contributed by atoms with Crippen molar-refractivity contribution in [2.24, 2.45) is 5.73 Å². The molecule has 0 spiro atoms. The number of hydrogen-bond acceptors (Lipinski definition) is 5. The molecule has 0 unspecified atom stereocenters. The molecule has 0 aliphatic carbocycles. The van der Waals surface area contributed by atoms with Gasteiger partial charge in [-0.2, -0.15) is 0 Å². The molecule has 0 bridgehead atoms. The van der Waals surface area contributed by atoms with Gasteiger partial charge in [0.1, 0.15) is 13.2 Å². The smallest absolute Gasteiger partial charge is 0.238 e. The molecule has 2 aromatic carbocycles. The summed E-state index contributed by atoms with van der Waals surface area (Å²) < 4.78 is 11.0. The Morgan fingerprint density at radius 1 is 1.14 bits per heavy atom. The lowest BCUT2D eigenvalue weighted by molar-refractivity contribution is -0.125. The molecule has 8 heteroatoms. The van der Waals surface area contributed by atoms with Crippen molar-refractivity contribution in [2.75, 3.05) is 25.1 Å². The first-order valence-corrected chi connectivity index (χ1v) is 9.38. The first-order valence-electron chi connectivity index (χ1n) is 9.00. The first kappa shape index (κ1) is 18.6. The maximum absolute atomic E-state index is 12.6. The molecule has 146 valence electrons. The third-order valence-electron chi connectivity index (χ3n) is 4.93. The molecule has 0 saturated carbocycles. The van der Waals surface area contributed by atoms with E-state index in [1.54, 1.807) is 17.0 Å². The van der Waals surface area contributed by atoms with Crippen LogP contribution >= 0.6 is 11.6 Å². The highest BCUT2D eigenvalue weighted by molar-refractivity contribution is 6.34. The van der Waals surface area contributed by atoms with Crippen molar-refractivity contribution in [1.29, 1.82) is 0 Å². The lowest BCUT2D eigenvalue weighted by Gasteiger charge is -2.34. The van der Waals surface area contributed by atoms with E-state index in [0.29, 0.717) is 48.4 Å². The van der Waals surface area contributed by atoms with Gasteiger partial charge in [0.25, 0.3) is 0 Å². The Morgan fingerprint density at radius 3 is 2.54 bits per heavy atom. The summed E-state index contributed by atoms with van der Waals surface area (Å²) in [5, 5.41) is 3.15. The topological polar surface area (TPSA) is 93.9 Å². The van der Waals surface area contributed by atoms with Gasteiger partial charge in [-0.25, -0.2) is 0 Å². The van der Waals surface area contributed by atoms with E-state index in [4.69, 9.17) is 26.8 Å². The van der Waals surface area contributed by atoms with Crippen molar-refractivity contribution in [3.05, 3.63) is 52.5 Å². The minimum Gasteiger partial charge on any atom is -0.486 e. The number of nitrogens with one attached hydrogen (secondary N) is 1. The van der Waals surface area contributed by atoms with Crippen LogP contribution in [0.3, 0.4) is 0 Å². The largest absolute Gasteiger partial charge is 0.486 e. The standard InChI is InChI=1S/C20H20ClN3O4/c21-14-8-17-18(28-6-5-27-17)9-15(14)23-19(25)11-24-10-13-4-2-1-3-12(13)7-16(24)20(22)26/h1-4,8-9,16H,5-7,10-11H2,(H2,22,26)(H,23,25)/t16-/m1/s1. The van der Waals surface area contributed by atoms with Crippen LogP contribution in [0.5, 0.6) is 11.5 Å². The molecule has 1 atom stereocenters. The summed E-state index contributed by atoms with van der Waals surface area (Å²) in [5.74, 6) is 0.354. The van der Waals surface area contributed by atoms with E-state index in [9.17, 15) is 9.59 Å². The highest BCUT2D eigenvalue weighted by Gasteiger charge is 2.31. The van der Waals surface area contributed by atoms with Crippen molar-refractivity contribution in [1.82, 2.24) is 4.90 Å². The van der Waals surface area contributed by atoms with Gasteiger partial charge in [0.05, 0.1) is 23.3 Å². The summed E-state index contributed by atoms with van der Waals surface area (Å²) in [4.78, 5) is 26.4. The summed E-state index contributed by atoms with van der Waals surface area (Å²) in [7, 11) is 0. The number of anilines is 1. The molecule has 2 aliphatic heterocycles. The summed E-state index contributed by atoms with van der Waals surface area (Å²) in [6, 6.07) is 10.6. The Bertz CT molecular complexity index is 934. The zero-order valence-electron chi connectivity index (χ0n) is 15.1. The lowest BCUT2D eigenvalue weighted by atomic mass is 9.93. The zero-order valence-corrected chi connectivity index (χ0v) is 15.9. The Morgan fingerprint density at radius 2 is 1.82 bits per heavy atom. The summed E-state index contributed by atoms with van der Waals surface area (Å²) in [5.41, 5.74) is 8.18. The highest BCUT2D eigenvalue weighted by Crippen LogP contribution is 2.38. The van der Waals surface area contributed by atoms with E-state index in [2.05, 4.69) is 5.32 Å². The fourth-order valence-corrected chi connectivity index (χ4v) is 3.76.